The summed E-state index contributed by atoms with van der Waals surface area (Å²) < 4.78 is 6.24. The molecule has 1 aromatic rings. The highest BCUT2D eigenvalue weighted by molar-refractivity contribution is 9.10. The maximum atomic E-state index is 12.0. The van der Waals surface area contributed by atoms with Gasteiger partial charge in [-0.15, -0.1) is 0 Å². The number of nitrogens with one attached hydrogen (secondary N) is 1. The number of halogens is 1. The second kappa shape index (κ2) is 5.48. The summed E-state index contributed by atoms with van der Waals surface area (Å²) in [4.78, 5) is 36.4. The fourth-order valence-electron chi connectivity index (χ4n) is 2.59. The number of carbonyl (C=O) groups excluding carboxylic acids is 3. The maximum Gasteiger partial charge on any atom is 0.411 e. The number of nitrogens with zero attached hydrogens (tertiary/aromatic N) is 1. The molecule has 0 saturated carbocycles. The molecule has 0 aromatic heterocycles. The number of carbonyl (C=O) groups is 3. The maximum absolute atomic E-state index is 12.0. The molecule has 2 aliphatic rings. The fourth-order valence-corrected chi connectivity index (χ4v) is 3.01. The van der Waals surface area contributed by atoms with Crippen LogP contribution in [0.2, 0.25) is 0 Å². The smallest absolute Gasteiger partial charge is 0.411 e. The molecule has 0 aliphatic carbocycles. The number of piperidine rings is 1. The molecule has 0 spiro atoms. The summed E-state index contributed by atoms with van der Waals surface area (Å²) in [5.74, 6) is -0.731. The topological polar surface area (TPSA) is 75.7 Å². The van der Waals surface area contributed by atoms with Gasteiger partial charge in [-0.05, 0) is 24.1 Å². The molecule has 3 amide bonds. The molecular formula is C14H13BrN2O4. The summed E-state index contributed by atoms with van der Waals surface area (Å²) in [7, 11) is 0. The van der Waals surface area contributed by atoms with Crippen LogP contribution in [0, 0.1) is 0 Å². The van der Waals surface area contributed by atoms with E-state index in [-0.39, 0.29) is 12.3 Å². The van der Waals surface area contributed by atoms with Crippen LogP contribution < -0.4 is 5.32 Å². The first-order valence-electron chi connectivity index (χ1n) is 6.61. The zero-order chi connectivity index (χ0) is 15.0. The standard InChI is InChI=1S/C14H13BrN2O4/c15-9-3-1-2-8(6-9)11-7-17(14(20)21-11)10-4-5-12(18)16-13(10)19/h1-3,6,10-11H,4-5,7H2,(H,16,18,19)/t10-,11+/m0/s1. The average molecular weight is 353 g/mol. The number of benzene rings is 1. The van der Waals surface area contributed by atoms with Gasteiger partial charge in [0.15, 0.2) is 0 Å². The summed E-state index contributed by atoms with van der Waals surface area (Å²) in [5, 5.41) is 2.26. The zero-order valence-electron chi connectivity index (χ0n) is 11.0. The van der Waals surface area contributed by atoms with E-state index in [0.717, 1.165) is 10.0 Å². The molecule has 7 heteroatoms. The quantitative estimate of drug-likeness (QED) is 0.822. The van der Waals surface area contributed by atoms with Crippen molar-refractivity contribution in [3.8, 4) is 0 Å². The summed E-state index contributed by atoms with van der Waals surface area (Å²) in [5.41, 5.74) is 0.868. The summed E-state index contributed by atoms with van der Waals surface area (Å²) in [6.07, 6.45) is -0.345. The normalized spacial score (nSPS) is 25.8. The Morgan fingerprint density at radius 3 is 2.81 bits per heavy atom. The lowest BCUT2D eigenvalue weighted by atomic mass is 10.0. The largest absolute Gasteiger partial charge is 0.439 e. The Balaban J connectivity index is 1.76. The van der Waals surface area contributed by atoms with E-state index in [0.29, 0.717) is 13.0 Å². The molecule has 21 heavy (non-hydrogen) atoms. The van der Waals surface area contributed by atoms with Crippen LogP contribution in [0.4, 0.5) is 4.79 Å². The van der Waals surface area contributed by atoms with Gasteiger partial charge >= 0.3 is 6.09 Å². The van der Waals surface area contributed by atoms with Gasteiger partial charge in [0.1, 0.15) is 12.1 Å². The first kappa shape index (κ1) is 14.1. The van der Waals surface area contributed by atoms with Crippen LogP contribution in [-0.2, 0) is 14.3 Å². The van der Waals surface area contributed by atoms with Crippen molar-refractivity contribution in [1.29, 1.82) is 0 Å². The van der Waals surface area contributed by atoms with E-state index in [9.17, 15) is 14.4 Å². The summed E-state index contributed by atoms with van der Waals surface area (Å²) in [6.45, 7) is 0.307. The average Bonchev–Trinajstić information content (AvgIpc) is 2.81. The third kappa shape index (κ3) is 2.78. The Bertz CT molecular complexity index is 619. The van der Waals surface area contributed by atoms with Gasteiger partial charge in [-0.1, -0.05) is 28.1 Å². The first-order chi connectivity index (χ1) is 10.0. The predicted molar refractivity (Wildman–Crippen MR) is 76.2 cm³/mol. The SMILES string of the molecule is O=C1CC[C@H](N2C[C@H](c3cccc(Br)c3)OC2=O)C(=O)N1. The number of ether oxygens (including phenoxy) is 1. The second-order valence-corrected chi connectivity index (χ2v) is 5.96. The highest BCUT2D eigenvalue weighted by atomic mass is 79.9. The number of rotatable bonds is 2. The molecular weight excluding hydrogens is 340 g/mol. The van der Waals surface area contributed by atoms with Gasteiger partial charge in [0.25, 0.3) is 0 Å². The van der Waals surface area contributed by atoms with Crippen molar-refractivity contribution < 1.29 is 19.1 Å². The molecule has 2 fully saturated rings. The molecule has 2 saturated heterocycles. The molecule has 2 aliphatic heterocycles. The number of hydrogen-bond donors (Lipinski definition) is 1. The lowest BCUT2D eigenvalue weighted by Crippen LogP contribution is -2.52. The lowest BCUT2D eigenvalue weighted by molar-refractivity contribution is -0.136. The third-order valence-corrected chi connectivity index (χ3v) is 4.14. The Kier molecular flexibility index (Phi) is 3.67. The first-order valence-corrected chi connectivity index (χ1v) is 7.40. The van der Waals surface area contributed by atoms with E-state index in [2.05, 4.69) is 21.2 Å². The van der Waals surface area contributed by atoms with E-state index in [1.807, 2.05) is 24.3 Å². The molecule has 1 N–H and O–H groups in total. The number of imide groups is 1. The lowest BCUT2D eigenvalue weighted by Gasteiger charge is -2.27. The Hall–Kier alpha value is -1.89. The third-order valence-electron chi connectivity index (χ3n) is 3.65. The van der Waals surface area contributed by atoms with Crippen molar-refractivity contribution in [2.45, 2.75) is 25.0 Å². The van der Waals surface area contributed by atoms with E-state index in [1.54, 1.807) is 0 Å². The van der Waals surface area contributed by atoms with Gasteiger partial charge in [-0.3, -0.25) is 19.8 Å². The van der Waals surface area contributed by atoms with E-state index >= 15 is 0 Å². The molecule has 0 bridgehead atoms. The van der Waals surface area contributed by atoms with Crippen LogP contribution in [0.15, 0.2) is 28.7 Å². The monoisotopic (exact) mass is 352 g/mol. The van der Waals surface area contributed by atoms with Gasteiger partial charge in [-0.25, -0.2) is 4.79 Å². The van der Waals surface area contributed by atoms with Crippen LogP contribution in [-0.4, -0.2) is 35.4 Å². The molecule has 2 heterocycles. The van der Waals surface area contributed by atoms with Crippen LogP contribution in [0.25, 0.3) is 0 Å². The highest BCUT2D eigenvalue weighted by Crippen LogP contribution is 2.30. The molecule has 1 aromatic carbocycles. The number of cyclic esters (lactones) is 1. The van der Waals surface area contributed by atoms with Crippen LogP contribution in [0.3, 0.4) is 0 Å². The van der Waals surface area contributed by atoms with Crippen LogP contribution in [0.1, 0.15) is 24.5 Å². The predicted octanol–water partition coefficient (Wildman–Crippen LogP) is 1.75. The van der Waals surface area contributed by atoms with E-state index in [1.165, 1.54) is 4.90 Å². The van der Waals surface area contributed by atoms with E-state index in [4.69, 9.17) is 4.74 Å². The molecule has 2 atom stereocenters. The van der Waals surface area contributed by atoms with Crippen molar-refractivity contribution >= 4 is 33.8 Å². The number of hydrogen-bond acceptors (Lipinski definition) is 4. The van der Waals surface area contributed by atoms with Crippen LogP contribution >= 0.6 is 15.9 Å². The Labute approximate surface area is 129 Å². The van der Waals surface area contributed by atoms with Crippen molar-refractivity contribution in [1.82, 2.24) is 10.2 Å². The van der Waals surface area contributed by atoms with Crippen molar-refractivity contribution in [2.24, 2.45) is 0 Å². The molecule has 0 radical (unpaired) electrons. The van der Waals surface area contributed by atoms with Gasteiger partial charge in [0, 0.05) is 10.9 Å². The molecule has 3 rings (SSSR count). The van der Waals surface area contributed by atoms with Crippen molar-refractivity contribution in [3.63, 3.8) is 0 Å². The van der Waals surface area contributed by atoms with Gasteiger partial charge in [0.2, 0.25) is 11.8 Å². The fraction of sp³-hybridized carbons (Fsp3) is 0.357. The Morgan fingerprint density at radius 2 is 2.10 bits per heavy atom. The highest BCUT2D eigenvalue weighted by Gasteiger charge is 2.41. The zero-order valence-corrected chi connectivity index (χ0v) is 12.6. The Morgan fingerprint density at radius 1 is 1.29 bits per heavy atom. The molecule has 110 valence electrons. The second-order valence-electron chi connectivity index (χ2n) is 5.05. The van der Waals surface area contributed by atoms with Gasteiger partial charge in [0.05, 0.1) is 6.54 Å². The summed E-state index contributed by atoms with van der Waals surface area (Å²) >= 11 is 3.38. The van der Waals surface area contributed by atoms with Gasteiger partial charge < -0.3 is 4.74 Å². The molecule has 0 unspecified atom stereocenters. The minimum atomic E-state index is -0.632. The number of amides is 3. The van der Waals surface area contributed by atoms with E-state index < -0.39 is 24.1 Å². The van der Waals surface area contributed by atoms with Crippen molar-refractivity contribution in [3.05, 3.63) is 34.3 Å². The van der Waals surface area contributed by atoms with Crippen LogP contribution in [0.5, 0.6) is 0 Å². The van der Waals surface area contributed by atoms with Gasteiger partial charge in [-0.2, -0.15) is 0 Å². The molecule has 6 nitrogen and oxygen atoms in total. The summed E-state index contributed by atoms with van der Waals surface area (Å²) in [6, 6.07) is 6.87. The minimum Gasteiger partial charge on any atom is -0.439 e. The van der Waals surface area contributed by atoms with Crippen molar-refractivity contribution in [2.75, 3.05) is 6.54 Å². The minimum absolute atomic E-state index is 0.238.